The molecule has 0 atom stereocenters. The van der Waals surface area contributed by atoms with Crippen LogP contribution in [0.25, 0.3) is 0 Å². The van der Waals surface area contributed by atoms with Crippen LogP contribution < -0.4 is 10.8 Å². The van der Waals surface area contributed by atoms with E-state index in [1.54, 1.807) is 6.07 Å². The number of rotatable bonds is 4. The van der Waals surface area contributed by atoms with Gasteiger partial charge in [0.05, 0.1) is 11.2 Å². The topological polar surface area (TPSA) is 50.7 Å². The van der Waals surface area contributed by atoms with Gasteiger partial charge in [0, 0.05) is 18.2 Å². The lowest BCUT2D eigenvalue weighted by molar-refractivity contribution is 0.00578. The molecule has 0 spiro atoms. The van der Waals surface area contributed by atoms with E-state index in [4.69, 9.17) is 9.31 Å². The van der Waals surface area contributed by atoms with E-state index in [0.29, 0.717) is 18.3 Å². The maximum Gasteiger partial charge on any atom is 0.494 e. The number of phenols is 1. The largest absolute Gasteiger partial charge is 0.508 e. The summed E-state index contributed by atoms with van der Waals surface area (Å²) in [7, 11) is -0.383. The monoisotopic (exact) mass is 317 g/mol. The number of nitrogens with one attached hydrogen (secondary N) is 1. The van der Waals surface area contributed by atoms with E-state index < -0.39 is 0 Å². The molecule has 126 valence electrons. The smallest absolute Gasteiger partial charge is 0.494 e. The second-order valence-electron chi connectivity index (χ2n) is 7.84. The van der Waals surface area contributed by atoms with Crippen molar-refractivity contribution in [2.24, 2.45) is 0 Å². The van der Waals surface area contributed by atoms with Gasteiger partial charge in [0.1, 0.15) is 5.75 Å². The number of hydrogen-bond acceptors (Lipinski definition) is 4. The van der Waals surface area contributed by atoms with Gasteiger partial charge >= 0.3 is 7.12 Å². The Kier molecular flexibility index (Phi) is 4.47. The van der Waals surface area contributed by atoms with Gasteiger partial charge < -0.3 is 19.7 Å². The summed E-state index contributed by atoms with van der Waals surface area (Å²) in [6.45, 7) is 8.89. The van der Waals surface area contributed by atoms with Crippen molar-refractivity contribution >= 4 is 12.6 Å². The molecular weight excluding hydrogens is 289 g/mol. The molecule has 23 heavy (non-hydrogen) atoms. The number of benzene rings is 1. The number of phenolic OH excluding ortho intramolecular Hbond substituents is 1. The van der Waals surface area contributed by atoms with Gasteiger partial charge in [0.25, 0.3) is 0 Å². The van der Waals surface area contributed by atoms with Crippen molar-refractivity contribution in [1.82, 2.24) is 5.32 Å². The van der Waals surface area contributed by atoms with Crippen LogP contribution in [0, 0.1) is 0 Å². The molecule has 0 unspecified atom stereocenters. The molecule has 1 aliphatic carbocycles. The first-order valence-electron chi connectivity index (χ1n) is 8.69. The van der Waals surface area contributed by atoms with Gasteiger partial charge in [-0.3, -0.25) is 0 Å². The Labute approximate surface area is 139 Å². The van der Waals surface area contributed by atoms with Crippen molar-refractivity contribution in [3.05, 3.63) is 23.8 Å². The average Bonchev–Trinajstić information content (AvgIpc) is 3.05. The quantitative estimate of drug-likeness (QED) is 0.839. The normalized spacial score (nSPS) is 23.6. The fraction of sp³-hybridized carbons (Fsp3) is 0.667. The maximum absolute atomic E-state index is 10.1. The van der Waals surface area contributed by atoms with Gasteiger partial charge in [0.15, 0.2) is 0 Å². The van der Waals surface area contributed by atoms with E-state index in [2.05, 4.69) is 33.0 Å². The van der Waals surface area contributed by atoms with Crippen molar-refractivity contribution in [3.63, 3.8) is 0 Å². The van der Waals surface area contributed by atoms with E-state index in [1.165, 1.54) is 25.7 Å². The van der Waals surface area contributed by atoms with E-state index in [0.717, 1.165) is 11.0 Å². The second kappa shape index (κ2) is 6.12. The first kappa shape index (κ1) is 16.8. The Morgan fingerprint density at radius 1 is 1.13 bits per heavy atom. The van der Waals surface area contributed by atoms with E-state index >= 15 is 0 Å². The molecular formula is C18H28BNO3. The molecule has 1 aliphatic heterocycles. The number of hydrogen-bond donors (Lipinski definition) is 2. The molecule has 1 saturated carbocycles. The van der Waals surface area contributed by atoms with Crippen molar-refractivity contribution in [3.8, 4) is 5.75 Å². The second-order valence-corrected chi connectivity index (χ2v) is 7.84. The first-order valence-corrected chi connectivity index (χ1v) is 8.69. The van der Waals surface area contributed by atoms with Gasteiger partial charge in [0.2, 0.25) is 0 Å². The molecule has 1 heterocycles. The molecule has 4 nitrogen and oxygen atoms in total. The third-order valence-corrected chi connectivity index (χ3v) is 5.57. The van der Waals surface area contributed by atoms with Gasteiger partial charge in [-0.1, -0.05) is 25.0 Å². The molecule has 3 rings (SSSR count). The third kappa shape index (κ3) is 3.42. The predicted molar refractivity (Wildman–Crippen MR) is 92.9 cm³/mol. The van der Waals surface area contributed by atoms with Gasteiger partial charge in [-0.05, 0) is 52.1 Å². The summed E-state index contributed by atoms with van der Waals surface area (Å²) in [6.07, 6.45) is 5.07. The third-order valence-electron chi connectivity index (χ3n) is 5.57. The SMILES string of the molecule is CC1(C)OB(c2ccc(O)c(CNC3CCCC3)c2)OC1(C)C. The van der Waals surface area contributed by atoms with Gasteiger partial charge in [-0.25, -0.2) is 0 Å². The van der Waals surface area contributed by atoms with Crippen LogP contribution in [0.5, 0.6) is 5.75 Å². The Balaban J connectivity index is 1.72. The lowest BCUT2D eigenvalue weighted by atomic mass is 9.78. The van der Waals surface area contributed by atoms with E-state index in [-0.39, 0.29) is 18.3 Å². The zero-order chi connectivity index (χ0) is 16.7. The molecule has 0 radical (unpaired) electrons. The Hall–Kier alpha value is -1.04. The highest BCUT2D eigenvalue weighted by Crippen LogP contribution is 2.36. The maximum atomic E-state index is 10.1. The molecule has 0 aromatic heterocycles. The molecule has 2 fully saturated rings. The Morgan fingerprint density at radius 2 is 1.74 bits per heavy atom. The standard InChI is InChI=1S/C18H28BNO3/c1-17(2)18(3,4)23-19(22-17)14-9-10-16(21)13(11-14)12-20-15-7-5-6-8-15/h9-11,15,20-21H,5-8,12H2,1-4H3. The van der Waals surface area contributed by atoms with Crippen LogP contribution in [0.2, 0.25) is 0 Å². The minimum Gasteiger partial charge on any atom is -0.508 e. The highest BCUT2D eigenvalue weighted by Gasteiger charge is 2.51. The lowest BCUT2D eigenvalue weighted by Crippen LogP contribution is -2.41. The predicted octanol–water partition coefficient (Wildman–Crippen LogP) is 2.72. The van der Waals surface area contributed by atoms with Crippen LogP contribution in [0.4, 0.5) is 0 Å². The minimum absolute atomic E-state index is 0.329. The molecule has 0 bridgehead atoms. The molecule has 2 aliphatic rings. The zero-order valence-electron chi connectivity index (χ0n) is 14.7. The summed E-state index contributed by atoms with van der Waals surface area (Å²) in [4.78, 5) is 0. The highest BCUT2D eigenvalue weighted by molar-refractivity contribution is 6.62. The van der Waals surface area contributed by atoms with Crippen molar-refractivity contribution < 1.29 is 14.4 Å². The Bertz CT molecular complexity index is 551. The van der Waals surface area contributed by atoms with Crippen LogP contribution >= 0.6 is 0 Å². The summed E-state index contributed by atoms with van der Waals surface area (Å²) < 4.78 is 12.2. The van der Waals surface area contributed by atoms with Crippen molar-refractivity contribution in [2.45, 2.75) is 77.2 Å². The van der Waals surface area contributed by atoms with Gasteiger partial charge in [-0.2, -0.15) is 0 Å². The van der Waals surface area contributed by atoms with Crippen LogP contribution in [-0.4, -0.2) is 29.5 Å². The average molecular weight is 317 g/mol. The zero-order valence-corrected chi connectivity index (χ0v) is 14.7. The van der Waals surface area contributed by atoms with E-state index in [1.807, 2.05) is 12.1 Å². The molecule has 1 aromatic carbocycles. The lowest BCUT2D eigenvalue weighted by Gasteiger charge is -2.32. The van der Waals surface area contributed by atoms with E-state index in [9.17, 15) is 5.11 Å². The van der Waals surface area contributed by atoms with Crippen molar-refractivity contribution in [2.75, 3.05) is 0 Å². The molecule has 1 aromatic rings. The van der Waals surface area contributed by atoms with Crippen molar-refractivity contribution in [1.29, 1.82) is 0 Å². The van der Waals surface area contributed by atoms with Crippen LogP contribution in [0.3, 0.4) is 0 Å². The summed E-state index contributed by atoms with van der Waals surface area (Å²) in [5.41, 5.74) is 1.17. The van der Waals surface area contributed by atoms with Gasteiger partial charge in [-0.15, -0.1) is 0 Å². The summed E-state index contributed by atoms with van der Waals surface area (Å²) >= 11 is 0. The Morgan fingerprint density at radius 3 is 2.35 bits per heavy atom. The summed E-state index contributed by atoms with van der Waals surface area (Å²) in [6, 6.07) is 6.21. The fourth-order valence-electron chi connectivity index (χ4n) is 3.26. The summed E-state index contributed by atoms with van der Waals surface area (Å²) in [5, 5.41) is 13.7. The molecule has 0 amide bonds. The first-order chi connectivity index (χ1) is 10.8. The fourth-order valence-corrected chi connectivity index (χ4v) is 3.26. The molecule has 2 N–H and O–H groups in total. The molecule has 5 heteroatoms. The van der Waals surface area contributed by atoms with Crippen LogP contribution in [-0.2, 0) is 15.9 Å². The minimum atomic E-state index is -0.383. The van der Waals surface area contributed by atoms with Crippen LogP contribution in [0.1, 0.15) is 58.9 Å². The summed E-state index contributed by atoms with van der Waals surface area (Å²) in [5.74, 6) is 0.329. The number of aromatic hydroxyl groups is 1. The molecule has 1 saturated heterocycles. The highest BCUT2D eigenvalue weighted by atomic mass is 16.7. The van der Waals surface area contributed by atoms with Crippen LogP contribution in [0.15, 0.2) is 18.2 Å².